The van der Waals surface area contributed by atoms with E-state index >= 15 is 0 Å². The lowest BCUT2D eigenvalue weighted by molar-refractivity contribution is -0.142. The molecule has 0 aliphatic heterocycles. The number of hydrogen-bond acceptors (Lipinski definition) is 1. The fourth-order valence-corrected chi connectivity index (χ4v) is 2.58. The van der Waals surface area contributed by atoms with Gasteiger partial charge >= 0.3 is 5.97 Å². The number of carboxylic acids is 1. The summed E-state index contributed by atoms with van der Waals surface area (Å²) in [6.07, 6.45) is 8.87. The summed E-state index contributed by atoms with van der Waals surface area (Å²) in [7, 11) is 0. The molecule has 0 radical (unpaired) electrons. The van der Waals surface area contributed by atoms with Crippen molar-refractivity contribution in [3.05, 3.63) is 11.6 Å². The average Bonchev–Trinajstić information content (AvgIpc) is 2.17. The molecule has 13 heavy (non-hydrogen) atoms. The number of hydrogen-bond donors (Lipinski definition) is 1. The van der Waals surface area contributed by atoms with Crippen molar-refractivity contribution in [3.63, 3.8) is 0 Å². The van der Waals surface area contributed by atoms with Crippen LogP contribution in [0.25, 0.3) is 0 Å². The molecule has 0 heterocycles. The molecule has 2 aliphatic rings. The van der Waals surface area contributed by atoms with Gasteiger partial charge in [-0.2, -0.15) is 0 Å². The Morgan fingerprint density at radius 1 is 1.46 bits per heavy atom. The molecule has 1 fully saturated rings. The summed E-state index contributed by atoms with van der Waals surface area (Å²) in [4.78, 5) is 10.8. The second-order valence-electron chi connectivity index (χ2n) is 4.23. The van der Waals surface area contributed by atoms with Crippen molar-refractivity contribution in [3.8, 4) is 0 Å². The Morgan fingerprint density at radius 3 is 3.08 bits per heavy atom. The zero-order valence-electron chi connectivity index (χ0n) is 7.83. The van der Waals surface area contributed by atoms with Gasteiger partial charge in [-0.3, -0.25) is 4.79 Å². The molecule has 0 spiro atoms. The second kappa shape index (κ2) is 3.52. The molecule has 0 unspecified atom stereocenters. The Balaban J connectivity index is 2.07. The van der Waals surface area contributed by atoms with Gasteiger partial charge in [0, 0.05) is 0 Å². The van der Waals surface area contributed by atoms with Crippen molar-refractivity contribution in [2.75, 3.05) is 0 Å². The van der Waals surface area contributed by atoms with Crippen LogP contribution in [0.5, 0.6) is 0 Å². The van der Waals surface area contributed by atoms with Crippen LogP contribution in [0.3, 0.4) is 0 Å². The van der Waals surface area contributed by atoms with Crippen LogP contribution >= 0.6 is 0 Å². The third-order valence-corrected chi connectivity index (χ3v) is 3.38. The minimum absolute atomic E-state index is 0.105. The minimum atomic E-state index is -0.610. The molecule has 2 nitrogen and oxygen atoms in total. The molecule has 0 bridgehead atoms. The van der Waals surface area contributed by atoms with E-state index in [-0.39, 0.29) is 5.92 Å². The molecular formula is C11H16O2. The molecular weight excluding hydrogens is 164 g/mol. The number of fused-ring (bicyclic) bond motifs is 1. The minimum Gasteiger partial charge on any atom is -0.481 e. The van der Waals surface area contributed by atoms with E-state index in [1.54, 1.807) is 5.57 Å². The van der Waals surface area contributed by atoms with Crippen LogP contribution in [0, 0.1) is 11.8 Å². The zero-order chi connectivity index (χ0) is 9.26. The van der Waals surface area contributed by atoms with Crippen LogP contribution in [0.4, 0.5) is 0 Å². The fraction of sp³-hybridized carbons (Fsp3) is 0.727. The fourth-order valence-electron chi connectivity index (χ4n) is 2.58. The number of carbonyl (C=O) groups is 1. The first-order valence-electron chi connectivity index (χ1n) is 5.19. The highest BCUT2D eigenvalue weighted by atomic mass is 16.4. The third-order valence-electron chi connectivity index (χ3n) is 3.38. The lowest BCUT2D eigenvalue weighted by Gasteiger charge is -2.31. The second-order valence-corrected chi connectivity index (χ2v) is 4.23. The summed E-state index contributed by atoms with van der Waals surface area (Å²) in [5, 5.41) is 8.90. The van der Waals surface area contributed by atoms with Crippen molar-refractivity contribution in [1.82, 2.24) is 0 Å². The normalized spacial score (nSPS) is 33.4. The van der Waals surface area contributed by atoms with Crippen molar-refractivity contribution in [2.45, 2.75) is 38.5 Å². The van der Waals surface area contributed by atoms with E-state index in [1.165, 1.54) is 25.7 Å². The van der Waals surface area contributed by atoms with Crippen molar-refractivity contribution >= 4 is 5.97 Å². The summed E-state index contributed by atoms with van der Waals surface area (Å²) in [5.41, 5.74) is 1.55. The number of aliphatic carboxylic acids is 1. The van der Waals surface area contributed by atoms with E-state index in [0.29, 0.717) is 5.92 Å². The van der Waals surface area contributed by atoms with Gasteiger partial charge in [0.2, 0.25) is 0 Å². The van der Waals surface area contributed by atoms with Gasteiger partial charge in [0.05, 0.1) is 5.92 Å². The molecule has 2 heteroatoms. The van der Waals surface area contributed by atoms with E-state index in [0.717, 1.165) is 12.8 Å². The van der Waals surface area contributed by atoms with Gasteiger partial charge in [-0.05, 0) is 38.0 Å². The van der Waals surface area contributed by atoms with E-state index in [2.05, 4.69) is 6.08 Å². The van der Waals surface area contributed by atoms with E-state index < -0.39 is 5.97 Å². The van der Waals surface area contributed by atoms with E-state index in [1.807, 2.05) is 0 Å². The highest BCUT2D eigenvalue weighted by molar-refractivity contribution is 5.70. The van der Waals surface area contributed by atoms with Gasteiger partial charge < -0.3 is 5.11 Å². The van der Waals surface area contributed by atoms with E-state index in [9.17, 15) is 4.79 Å². The number of carboxylic acid groups (broad SMARTS) is 1. The molecule has 1 N–H and O–H groups in total. The summed E-state index contributed by atoms with van der Waals surface area (Å²) in [6, 6.07) is 0. The average molecular weight is 180 g/mol. The summed E-state index contributed by atoms with van der Waals surface area (Å²) >= 11 is 0. The molecule has 0 aromatic heterocycles. The predicted octanol–water partition coefficient (Wildman–Crippen LogP) is 2.60. The van der Waals surface area contributed by atoms with Gasteiger partial charge in [0.25, 0.3) is 0 Å². The Labute approximate surface area is 78.6 Å². The lowest BCUT2D eigenvalue weighted by atomic mass is 9.74. The first kappa shape index (κ1) is 8.79. The molecule has 0 aromatic rings. The maximum atomic E-state index is 10.8. The molecule has 0 amide bonds. The zero-order valence-corrected chi connectivity index (χ0v) is 7.83. The van der Waals surface area contributed by atoms with Gasteiger partial charge in [-0.1, -0.05) is 18.1 Å². The maximum Gasteiger partial charge on any atom is 0.306 e. The number of rotatable bonds is 1. The number of allylic oxidation sites excluding steroid dienone is 2. The molecule has 1 saturated carbocycles. The van der Waals surface area contributed by atoms with Gasteiger partial charge in [0.15, 0.2) is 0 Å². The van der Waals surface area contributed by atoms with E-state index in [4.69, 9.17) is 5.11 Å². The van der Waals surface area contributed by atoms with Crippen LogP contribution in [0.2, 0.25) is 0 Å². The van der Waals surface area contributed by atoms with Crippen LogP contribution < -0.4 is 0 Å². The van der Waals surface area contributed by atoms with Crippen LogP contribution in [0.1, 0.15) is 38.5 Å². The molecule has 2 atom stereocenters. The van der Waals surface area contributed by atoms with Gasteiger partial charge in [-0.25, -0.2) is 0 Å². The monoisotopic (exact) mass is 180 g/mol. The van der Waals surface area contributed by atoms with Crippen LogP contribution in [-0.4, -0.2) is 11.1 Å². The summed E-state index contributed by atoms with van der Waals surface area (Å²) < 4.78 is 0. The Bertz CT molecular complexity index is 242. The van der Waals surface area contributed by atoms with Crippen molar-refractivity contribution in [1.29, 1.82) is 0 Å². The molecule has 2 rings (SSSR count). The summed E-state index contributed by atoms with van der Waals surface area (Å²) in [5.74, 6) is -0.115. The highest BCUT2D eigenvalue weighted by Crippen LogP contribution is 2.38. The Morgan fingerprint density at radius 2 is 2.31 bits per heavy atom. The maximum absolute atomic E-state index is 10.8. The predicted molar refractivity (Wildman–Crippen MR) is 50.4 cm³/mol. The van der Waals surface area contributed by atoms with Crippen molar-refractivity contribution in [2.24, 2.45) is 11.8 Å². The first-order valence-corrected chi connectivity index (χ1v) is 5.19. The topological polar surface area (TPSA) is 37.3 Å². The van der Waals surface area contributed by atoms with Crippen molar-refractivity contribution < 1.29 is 9.90 Å². The highest BCUT2D eigenvalue weighted by Gasteiger charge is 2.29. The molecule has 2 aliphatic carbocycles. The SMILES string of the molecule is O=C(O)[C@H]1CC=C2CCCC[C@H]2C1. The van der Waals surface area contributed by atoms with Gasteiger partial charge in [-0.15, -0.1) is 0 Å². The molecule has 0 aromatic carbocycles. The largest absolute Gasteiger partial charge is 0.481 e. The Hall–Kier alpha value is -0.790. The van der Waals surface area contributed by atoms with Crippen LogP contribution in [-0.2, 0) is 4.79 Å². The standard InChI is InChI=1S/C11H16O2/c12-11(13)10-6-5-8-3-1-2-4-9(8)7-10/h5,9-10H,1-4,6-7H2,(H,12,13)/t9-,10-/m0/s1. The molecule has 0 saturated heterocycles. The smallest absolute Gasteiger partial charge is 0.306 e. The summed E-state index contributed by atoms with van der Waals surface area (Å²) in [6.45, 7) is 0. The first-order chi connectivity index (χ1) is 6.27. The van der Waals surface area contributed by atoms with Crippen LogP contribution in [0.15, 0.2) is 11.6 Å². The lowest BCUT2D eigenvalue weighted by Crippen LogP contribution is -2.24. The quantitative estimate of drug-likeness (QED) is 0.630. The third kappa shape index (κ3) is 1.77. The van der Waals surface area contributed by atoms with Gasteiger partial charge in [0.1, 0.15) is 0 Å². The molecule has 72 valence electrons. The Kier molecular flexibility index (Phi) is 2.38.